The van der Waals surface area contributed by atoms with Crippen molar-refractivity contribution in [2.24, 2.45) is 5.92 Å². The molecule has 4 nitrogen and oxygen atoms in total. The average molecular weight is 360 g/mol. The van der Waals surface area contributed by atoms with E-state index in [1.165, 1.54) is 10.9 Å². The summed E-state index contributed by atoms with van der Waals surface area (Å²) in [5.74, 6) is 0.428. The number of para-hydroxylation sites is 1. The van der Waals surface area contributed by atoms with Crippen molar-refractivity contribution in [3.05, 3.63) is 71.9 Å². The van der Waals surface area contributed by atoms with Crippen molar-refractivity contribution in [1.29, 1.82) is 0 Å². The zero-order valence-electron chi connectivity index (χ0n) is 15.4. The number of benzene rings is 2. The summed E-state index contributed by atoms with van der Waals surface area (Å²) in [5, 5.41) is 1.19. The molecule has 1 aliphatic rings. The minimum absolute atomic E-state index is 0.0325. The van der Waals surface area contributed by atoms with Crippen molar-refractivity contribution >= 4 is 22.6 Å². The topological polar surface area (TPSA) is 53.2 Å². The lowest BCUT2D eigenvalue weighted by molar-refractivity contribution is -0.132. The van der Waals surface area contributed by atoms with Gasteiger partial charge in [-0.2, -0.15) is 0 Å². The molecule has 0 saturated carbocycles. The highest BCUT2D eigenvalue weighted by molar-refractivity contribution is 5.98. The van der Waals surface area contributed by atoms with E-state index in [4.69, 9.17) is 0 Å². The third-order valence-electron chi connectivity index (χ3n) is 5.56. The van der Waals surface area contributed by atoms with E-state index in [-0.39, 0.29) is 17.6 Å². The summed E-state index contributed by atoms with van der Waals surface area (Å²) in [6, 6.07) is 17.6. The molecule has 27 heavy (non-hydrogen) atoms. The van der Waals surface area contributed by atoms with Crippen LogP contribution in [0.25, 0.3) is 10.9 Å². The van der Waals surface area contributed by atoms with E-state index in [0.717, 1.165) is 30.3 Å². The summed E-state index contributed by atoms with van der Waals surface area (Å²) in [6.07, 6.45) is 4.77. The molecule has 4 rings (SSSR count). The maximum Gasteiger partial charge on any atom is 0.222 e. The molecule has 1 fully saturated rings. The Kier molecular flexibility index (Phi) is 5.05. The van der Waals surface area contributed by atoms with E-state index in [0.29, 0.717) is 19.5 Å². The number of aromatic amines is 1. The molecule has 0 atom stereocenters. The lowest BCUT2D eigenvalue weighted by Gasteiger charge is -2.31. The number of fused-ring (bicyclic) bond motifs is 1. The van der Waals surface area contributed by atoms with Gasteiger partial charge in [0.05, 0.1) is 0 Å². The molecule has 4 heteroatoms. The number of Topliss-reactive ketones (excluding diaryl/α,β-unsaturated/α-hetero) is 1. The number of piperidine rings is 1. The first-order valence-electron chi connectivity index (χ1n) is 9.64. The number of rotatable bonds is 5. The molecule has 0 aliphatic carbocycles. The predicted octanol–water partition coefficient (Wildman–Crippen LogP) is 4.22. The largest absolute Gasteiger partial charge is 0.361 e. The van der Waals surface area contributed by atoms with Crippen LogP contribution >= 0.6 is 0 Å². The van der Waals surface area contributed by atoms with Gasteiger partial charge in [0.25, 0.3) is 0 Å². The molecular formula is C23H24N2O2. The summed E-state index contributed by atoms with van der Waals surface area (Å²) < 4.78 is 0. The van der Waals surface area contributed by atoms with Gasteiger partial charge in [-0.3, -0.25) is 9.59 Å². The number of carbonyl (C=O) groups excluding carboxylic acids is 2. The standard InChI is InChI=1S/C23H24N2O2/c26-22(11-10-19-16-24-21-9-5-4-8-20(19)21)25-14-12-18(13-15-25)23(27)17-6-2-1-3-7-17/h1-9,16,18,24H,10-15H2. The van der Waals surface area contributed by atoms with Crippen molar-refractivity contribution in [1.82, 2.24) is 9.88 Å². The van der Waals surface area contributed by atoms with Crippen LogP contribution in [-0.4, -0.2) is 34.7 Å². The van der Waals surface area contributed by atoms with Crippen LogP contribution in [0.1, 0.15) is 35.2 Å². The molecule has 138 valence electrons. The maximum absolute atomic E-state index is 12.6. The van der Waals surface area contributed by atoms with Crippen molar-refractivity contribution in [2.75, 3.05) is 13.1 Å². The molecule has 3 aromatic rings. The van der Waals surface area contributed by atoms with Crippen molar-refractivity contribution < 1.29 is 9.59 Å². The van der Waals surface area contributed by atoms with Gasteiger partial charge in [0.1, 0.15) is 0 Å². The molecule has 1 N–H and O–H groups in total. The first kappa shape index (κ1) is 17.5. The number of amides is 1. The van der Waals surface area contributed by atoms with Gasteiger partial charge in [0.2, 0.25) is 5.91 Å². The fraction of sp³-hybridized carbons (Fsp3) is 0.304. The summed E-state index contributed by atoms with van der Waals surface area (Å²) in [7, 11) is 0. The fourth-order valence-corrected chi connectivity index (χ4v) is 3.97. The SMILES string of the molecule is O=C(c1ccccc1)C1CCN(C(=O)CCc2c[nH]c3ccccc23)CC1. The van der Waals surface area contributed by atoms with Crippen LogP contribution in [-0.2, 0) is 11.2 Å². The van der Waals surface area contributed by atoms with Crippen LogP contribution in [0.2, 0.25) is 0 Å². The number of aryl methyl sites for hydroxylation is 1. The van der Waals surface area contributed by atoms with Gasteiger partial charge in [-0.25, -0.2) is 0 Å². The van der Waals surface area contributed by atoms with Crippen LogP contribution in [0, 0.1) is 5.92 Å². The smallest absolute Gasteiger partial charge is 0.222 e. The molecular weight excluding hydrogens is 336 g/mol. The lowest BCUT2D eigenvalue weighted by atomic mass is 9.89. The second kappa shape index (κ2) is 7.78. The maximum atomic E-state index is 12.6. The zero-order chi connectivity index (χ0) is 18.6. The highest BCUT2D eigenvalue weighted by Crippen LogP contribution is 2.23. The van der Waals surface area contributed by atoms with Gasteiger partial charge in [0.15, 0.2) is 5.78 Å². The van der Waals surface area contributed by atoms with Crippen LogP contribution in [0.3, 0.4) is 0 Å². The molecule has 2 aromatic carbocycles. The molecule has 0 bridgehead atoms. The second-order valence-electron chi connectivity index (χ2n) is 7.24. The third kappa shape index (κ3) is 3.80. The van der Waals surface area contributed by atoms with Crippen molar-refractivity contribution in [3.8, 4) is 0 Å². The Bertz CT molecular complexity index is 937. The van der Waals surface area contributed by atoms with E-state index >= 15 is 0 Å². The zero-order valence-corrected chi connectivity index (χ0v) is 15.4. The van der Waals surface area contributed by atoms with Gasteiger partial charge < -0.3 is 9.88 Å². The van der Waals surface area contributed by atoms with E-state index in [2.05, 4.69) is 17.1 Å². The summed E-state index contributed by atoms with van der Waals surface area (Å²) >= 11 is 0. The van der Waals surface area contributed by atoms with Gasteiger partial charge >= 0.3 is 0 Å². The number of nitrogens with one attached hydrogen (secondary N) is 1. The molecule has 2 heterocycles. The van der Waals surface area contributed by atoms with E-state index in [1.54, 1.807) is 0 Å². The molecule has 1 saturated heterocycles. The monoisotopic (exact) mass is 360 g/mol. The lowest BCUT2D eigenvalue weighted by Crippen LogP contribution is -2.40. The quantitative estimate of drug-likeness (QED) is 0.693. The average Bonchev–Trinajstić information content (AvgIpc) is 3.15. The predicted molar refractivity (Wildman–Crippen MR) is 107 cm³/mol. The number of carbonyl (C=O) groups is 2. The molecule has 0 radical (unpaired) electrons. The normalized spacial score (nSPS) is 15.2. The first-order valence-corrected chi connectivity index (χ1v) is 9.64. The van der Waals surface area contributed by atoms with Gasteiger partial charge in [0, 0.05) is 48.1 Å². The summed E-state index contributed by atoms with van der Waals surface area (Å²) in [4.78, 5) is 30.4. The Morgan fingerprint density at radius 1 is 0.963 bits per heavy atom. The van der Waals surface area contributed by atoms with Crippen LogP contribution in [0.4, 0.5) is 0 Å². The van der Waals surface area contributed by atoms with Crippen molar-refractivity contribution in [2.45, 2.75) is 25.7 Å². The Morgan fingerprint density at radius 3 is 2.44 bits per heavy atom. The van der Waals surface area contributed by atoms with E-state index < -0.39 is 0 Å². The molecule has 0 unspecified atom stereocenters. The van der Waals surface area contributed by atoms with Crippen LogP contribution < -0.4 is 0 Å². The minimum atomic E-state index is 0.0325. The highest BCUT2D eigenvalue weighted by Gasteiger charge is 2.27. The summed E-state index contributed by atoms with van der Waals surface area (Å²) in [6.45, 7) is 1.35. The highest BCUT2D eigenvalue weighted by atomic mass is 16.2. The second-order valence-corrected chi connectivity index (χ2v) is 7.24. The Labute approximate surface area is 159 Å². The summed E-state index contributed by atoms with van der Waals surface area (Å²) in [5.41, 5.74) is 3.08. The third-order valence-corrected chi connectivity index (χ3v) is 5.56. The van der Waals surface area contributed by atoms with Gasteiger partial charge in [-0.05, 0) is 30.9 Å². The Hall–Kier alpha value is -2.88. The minimum Gasteiger partial charge on any atom is -0.361 e. The first-order chi connectivity index (χ1) is 13.2. The van der Waals surface area contributed by atoms with E-state index in [1.807, 2.05) is 53.6 Å². The fourth-order valence-electron chi connectivity index (χ4n) is 3.97. The Balaban J connectivity index is 1.30. The number of likely N-dealkylation sites (tertiary alicyclic amines) is 1. The molecule has 1 aliphatic heterocycles. The van der Waals surface area contributed by atoms with Crippen LogP contribution in [0.15, 0.2) is 60.8 Å². The van der Waals surface area contributed by atoms with Gasteiger partial charge in [-0.1, -0.05) is 48.5 Å². The molecule has 1 aromatic heterocycles. The number of hydrogen-bond acceptors (Lipinski definition) is 2. The molecule has 0 spiro atoms. The number of ketones is 1. The number of hydrogen-bond donors (Lipinski definition) is 1. The van der Waals surface area contributed by atoms with Gasteiger partial charge in [-0.15, -0.1) is 0 Å². The number of aromatic nitrogens is 1. The number of H-pyrrole nitrogens is 1. The Morgan fingerprint density at radius 2 is 1.67 bits per heavy atom. The number of nitrogens with zero attached hydrogens (tertiary/aromatic N) is 1. The van der Waals surface area contributed by atoms with Crippen LogP contribution in [0.5, 0.6) is 0 Å². The van der Waals surface area contributed by atoms with Crippen molar-refractivity contribution in [3.63, 3.8) is 0 Å². The van der Waals surface area contributed by atoms with E-state index in [9.17, 15) is 9.59 Å². The molecule has 1 amide bonds.